The molecule has 94 valence electrons. The minimum absolute atomic E-state index is 0.182. The summed E-state index contributed by atoms with van der Waals surface area (Å²) in [5.74, 6) is 0.182. The van der Waals surface area contributed by atoms with E-state index in [1.807, 2.05) is 16.6 Å². The maximum atomic E-state index is 11.8. The van der Waals surface area contributed by atoms with Crippen molar-refractivity contribution < 1.29 is 4.79 Å². The fraction of sp³-hybridized carbons (Fsp3) is 0.667. The third-order valence-corrected chi connectivity index (χ3v) is 3.15. The molecule has 5 heteroatoms. The Hall–Kier alpha value is -1.36. The minimum atomic E-state index is 0.182. The topological polar surface area (TPSA) is 50.2 Å². The fourth-order valence-corrected chi connectivity index (χ4v) is 2.08. The maximum Gasteiger partial charge on any atom is 0.236 e. The third-order valence-electron chi connectivity index (χ3n) is 3.15. The van der Waals surface area contributed by atoms with Crippen molar-refractivity contribution in [1.82, 2.24) is 20.0 Å². The minimum Gasteiger partial charge on any atom is -0.336 e. The number of nitrogens with one attached hydrogen (secondary N) is 1. The zero-order valence-corrected chi connectivity index (χ0v) is 10.6. The number of hydrogen-bond donors (Lipinski definition) is 1. The van der Waals surface area contributed by atoms with E-state index in [4.69, 9.17) is 0 Å². The molecule has 0 bridgehead atoms. The van der Waals surface area contributed by atoms with Gasteiger partial charge in [0, 0.05) is 13.6 Å². The molecule has 1 saturated heterocycles. The number of carbonyl (C=O) groups excluding carboxylic acids is 1. The molecule has 1 N–H and O–H groups in total. The highest BCUT2D eigenvalue weighted by Gasteiger charge is 2.17. The molecule has 0 spiro atoms. The summed E-state index contributed by atoms with van der Waals surface area (Å²) in [4.78, 5) is 13.8. The highest BCUT2D eigenvalue weighted by atomic mass is 16.2. The Balaban J connectivity index is 2.07. The molecule has 0 aliphatic carbocycles. The molecule has 0 unspecified atom stereocenters. The van der Waals surface area contributed by atoms with E-state index in [0.29, 0.717) is 13.1 Å². The van der Waals surface area contributed by atoms with Gasteiger partial charge in [0.15, 0.2) is 0 Å². The van der Waals surface area contributed by atoms with E-state index < -0.39 is 0 Å². The molecular weight excluding hydrogens is 216 g/mol. The molecule has 1 aromatic rings. The summed E-state index contributed by atoms with van der Waals surface area (Å²) >= 11 is 0. The molecule has 17 heavy (non-hydrogen) atoms. The van der Waals surface area contributed by atoms with Crippen molar-refractivity contribution in [3.8, 4) is 0 Å². The second-order valence-electron chi connectivity index (χ2n) is 4.45. The van der Waals surface area contributed by atoms with Crippen LogP contribution in [0.4, 0.5) is 0 Å². The third kappa shape index (κ3) is 2.85. The molecule has 0 radical (unpaired) electrons. The molecule has 0 saturated carbocycles. The van der Waals surface area contributed by atoms with Crippen LogP contribution in [0.25, 0.3) is 0 Å². The fourth-order valence-electron chi connectivity index (χ4n) is 2.08. The number of nitrogens with zero attached hydrogens (tertiary/aromatic N) is 3. The maximum absolute atomic E-state index is 11.8. The van der Waals surface area contributed by atoms with Crippen LogP contribution in [0, 0.1) is 0 Å². The van der Waals surface area contributed by atoms with Gasteiger partial charge in [-0.25, -0.2) is 0 Å². The lowest BCUT2D eigenvalue weighted by atomic mass is 10.3. The van der Waals surface area contributed by atoms with Crippen LogP contribution in [0.5, 0.6) is 0 Å². The molecule has 1 aliphatic rings. The van der Waals surface area contributed by atoms with Gasteiger partial charge < -0.3 is 10.2 Å². The van der Waals surface area contributed by atoms with Crippen molar-refractivity contribution in [1.29, 1.82) is 0 Å². The molecule has 1 aromatic heterocycles. The number of aromatic nitrogens is 2. The molecule has 5 nitrogen and oxygen atoms in total. The monoisotopic (exact) mass is 236 g/mol. The molecule has 0 atom stereocenters. The first kappa shape index (κ1) is 12.1. The lowest BCUT2D eigenvalue weighted by Crippen LogP contribution is -2.34. The van der Waals surface area contributed by atoms with Crippen LogP contribution in [0.1, 0.15) is 24.7 Å². The Labute approximate surface area is 102 Å². The molecule has 0 aromatic carbocycles. The van der Waals surface area contributed by atoms with Crippen molar-refractivity contribution in [2.75, 3.05) is 19.6 Å². The molecule has 1 aliphatic heterocycles. The van der Waals surface area contributed by atoms with E-state index in [2.05, 4.69) is 23.4 Å². The van der Waals surface area contributed by atoms with Gasteiger partial charge >= 0.3 is 0 Å². The normalized spacial score (nSPS) is 17.3. The van der Waals surface area contributed by atoms with E-state index in [1.165, 1.54) is 0 Å². The largest absolute Gasteiger partial charge is 0.336 e. The van der Waals surface area contributed by atoms with Crippen LogP contribution >= 0.6 is 0 Å². The lowest BCUT2D eigenvalue weighted by molar-refractivity contribution is -0.130. The number of rotatable bonds is 3. The van der Waals surface area contributed by atoms with Gasteiger partial charge in [0.1, 0.15) is 0 Å². The first-order chi connectivity index (χ1) is 8.20. The molecule has 2 rings (SSSR count). The van der Waals surface area contributed by atoms with Gasteiger partial charge in [0.05, 0.1) is 24.5 Å². The van der Waals surface area contributed by atoms with Crippen LogP contribution in [-0.2, 0) is 24.8 Å². The Morgan fingerprint density at radius 2 is 2.35 bits per heavy atom. The first-order valence-corrected chi connectivity index (χ1v) is 6.21. The van der Waals surface area contributed by atoms with E-state index in [-0.39, 0.29) is 5.91 Å². The van der Waals surface area contributed by atoms with E-state index in [9.17, 15) is 4.79 Å². The van der Waals surface area contributed by atoms with E-state index in [0.717, 1.165) is 37.3 Å². The zero-order valence-electron chi connectivity index (χ0n) is 10.6. The van der Waals surface area contributed by atoms with Crippen molar-refractivity contribution >= 4 is 5.91 Å². The predicted molar refractivity (Wildman–Crippen MR) is 65.5 cm³/mol. The predicted octanol–water partition coefficient (Wildman–Crippen LogP) is 0.304. The summed E-state index contributed by atoms with van der Waals surface area (Å²) in [6, 6.07) is 2.09. The van der Waals surface area contributed by atoms with E-state index in [1.54, 1.807) is 0 Å². The van der Waals surface area contributed by atoms with Gasteiger partial charge in [-0.1, -0.05) is 6.92 Å². The Bertz CT molecular complexity index is 399. The summed E-state index contributed by atoms with van der Waals surface area (Å²) in [6.07, 6.45) is 1.95. The highest BCUT2D eigenvalue weighted by molar-refractivity contribution is 5.78. The highest BCUT2D eigenvalue weighted by Crippen LogP contribution is 2.09. The van der Waals surface area contributed by atoms with Crippen molar-refractivity contribution in [2.45, 2.75) is 26.3 Å². The average molecular weight is 236 g/mol. The Kier molecular flexibility index (Phi) is 3.78. The molecule has 1 fully saturated rings. The van der Waals surface area contributed by atoms with Gasteiger partial charge in [-0.2, -0.15) is 5.10 Å². The molecule has 1 amide bonds. The number of carbonyl (C=O) groups is 1. The average Bonchev–Trinajstić information content (AvgIpc) is 2.54. The van der Waals surface area contributed by atoms with Gasteiger partial charge in [-0.05, 0) is 25.5 Å². The Morgan fingerprint density at radius 1 is 1.53 bits per heavy atom. The van der Waals surface area contributed by atoms with Crippen LogP contribution in [0.15, 0.2) is 6.07 Å². The summed E-state index contributed by atoms with van der Waals surface area (Å²) in [6.45, 7) is 4.97. The quantitative estimate of drug-likeness (QED) is 0.821. The number of amides is 1. The summed E-state index contributed by atoms with van der Waals surface area (Å²) in [7, 11) is 1.94. The summed E-state index contributed by atoms with van der Waals surface area (Å²) in [5, 5.41) is 7.54. The van der Waals surface area contributed by atoms with Crippen molar-refractivity contribution in [3.05, 3.63) is 17.5 Å². The van der Waals surface area contributed by atoms with Crippen LogP contribution in [0.3, 0.4) is 0 Å². The second kappa shape index (κ2) is 5.31. The SMILES string of the molecule is CCc1cc(CN2CCCNCC2=O)n(C)n1. The van der Waals surface area contributed by atoms with Gasteiger partial charge in [0.2, 0.25) is 5.91 Å². The summed E-state index contributed by atoms with van der Waals surface area (Å²) in [5.41, 5.74) is 2.19. The standard InChI is InChI=1S/C12H20N4O/c1-3-10-7-11(15(2)14-10)9-16-6-4-5-13-8-12(16)17/h7,13H,3-6,8-9H2,1-2H3. The van der Waals surface area contributed by atoms with Gasteiger partial charge in [0.25, 0.3) is 0 Å². The Morgan fingerprint density at radius 3 is 3.06 bits per heavy atom. The zero-order chi connectivity index (χ0) is 12.3. The van der Waals surface area contributed by atoms with Crippen LogP contribution < -0.4 is 5.32 Å². The number of hydrogen-bond acceptors (Lipinski definition) is 3. The van der Waals surface area contributed by atoms with E-state index >= 15 is 0 Å². The van der Waals surface area contributed by atoms with Crippen molar-refractivity contribution in [2.24, 2.45) is 7.05 Å². The first-order valence-electron chi connectivity index (χ1n) is 6.21. The lowest BCUT2D eigenvalue weighted by Gasteiger charge is -2.19. The molecular formula is C12H20N4O. The van der Waals surface area contributed by atoms with Crippen molar-refractivity contribution in [3.63, 3.8) is 0 Å². The van der Waals surface area contributed by atoms with Gasteiger partial charge in [-0.15, -0.1) is 0 Å². The smallest absolute Gasteiger partial charge is 0.236 e. The van der Waals surface area contributed by atoms with Crippen LogP contribution in [-0.4, -0.2) is 40.2 Å². The molecule has 2 heterocycles. The summed E-state index contributed by atoms with van der Waals surface area (Å²) < 4.78 is 1.88. The second-order valence-corrected chi connectivity index (χ2v) is 4.45. The van der Waals surface area contributed by atoms with Crippen LogP contribution in [0.2, 0.25) is 0 Å². The number of aryl methyl sites for hydroxylation is 2. The van der Waals surface area contributed by atoms with Gasteiger partial charge in [-0.3, -0.25) is 9.48 Å².